The van der Waals surface area contributed by atoms with Gasteiger partial charge in [-0.25, -0.2) is 0 Å². The third kappa shape index (κ3) is 4.68. The Hall–Kier alpha value is -1.66. The van der Waals surface area contributed by atoms with Crippen LogP contribution in [0.1, 0.15) is 29.3 Å². The molecule has 0 unspecified atom stereocenters. The molecule has 0 spiro atoms. The Morgan fingerprint density at radius 3 is 2.59 bits per heavy atom. The lowest BCUT2D eigenvalue weighted by atomic mass is 10.1. The second-order valence-electron chi connectivity index (χ2n) is 5.21. The van der Waals surface area contributed by atoms with E-state index in [2.05, 4.69) is 16.8 Å². The lowest BCUT2D eigenvalue weighted by molar-refractivity contribution is -0.131. The molecule has 2 rings (SSSR count). The van der Waals surface area contributed by atoms with Gasteiger partial charge in [-0.1, -0.05) is 0 Å². The molecule has 2 heterocycles. The van der Waals surface area contributed by atoms with E-state index >= 15 is 0 Å². The van der Waals surface area contributed by atoms with Crippen molar-refractivity contribution in [2.24, 2.45) is 0 Å². The fraction of sp³-hybridized carbons (Fsp3) is 0.375. The first-order valence-electron chi connectivity index (χ1n) is 7.15. The Kier molecular flexibility index (Phi) is 6.15. The molecule has 1 atom stereocenters. The van der Waals surface area contributed by atoms with Crippen molar-refractivity contribution >= 4 is 34.5 Å². The second kappa shape index (κ2) is 8.10. The minimum atomic E-state index is -0.122. The Morgan fingerprint density at radius 1 is 1.23 bits per heavy atom. The Bertz CT molecular complexity index is 594. The van der Waals surface area contributed by atoms with E-state index < -0.39 is 0 Å². The topological polar surface area (TPSA) is 49.4 Å². The summed E-state index contributed by atoms with van der Waals surface area (Å²) < 4.78 is 0. The van der Waals surface area contributed by atoms with E-state index in [1.54, 1.807) is 27.7 Å². The molecule has 2 aromatic heterocycles. The van der Waals surface area contributed by atoms with Gasteiger partial charge in [0, 0.05) is 37.0 Å². The van der Waals surface area contributed by atoms with Gasteiger partial charge in [-0.2, -0.15) is 22.7 Å². The van der Waals surface area contributed by atoms with Crippen molar-refractivity contribution < 1.29 is 9.59 Å². The normalized spacial score (nSPS) is 11.9. The van der Waals surface area contributed by atoms with Crippen LogP contribution < -0.4 is 5.32 Å². The van der Waals surface area contributed by atoms with Crippen LogP contribution in [-0.2, 0) is 11.2 Å². The second-order valence-corrected chi connectivity index (χ2v) is 6.77. The van der Waals surface area contributed by atoms with Crippen molar-refractivity contribution in [1.82, 2.24) is 10.2 Å². The Labute approximate surface area is 138 Å². The molecule has 0 saturated heterocycles. The lowest BCUT2D eigenvalue weighted by Gasteiger charge is -2.25. The predicted octanol–water partition coefficient (Wildman–Crippen LogP) is 3.02. The zero-order valence-corrected chi connectivity index (χ0v) is 14.4. The molecule has 1 N–H and O–H groups in total. The molecule has 0 bridgehead atoms. The minimum absolute atomic E-state index is 0.0494. The molecule has 0 fully saturated rings. The Morgan fingerprint density at radius 2 is 1.95 bits per heavy atom. The maximum Gasteiger partial charge on any atom is 0.252 e. The standard InChI is InChI=1S/C16H20N2O2S2/c1-12(9-13-4-7-21-10-13)18(2)15(19)3-6-17-16(20)14-5-8-22-11-14/h4-5,7-8,10-12H,3,6,9H2,1-2H3,(H,17,20)/t12-/m0/s1. The summed E-state index contributed by atoms with van der Waals surface area (Å²) in [5, 5.41) is 10.6. The number of hydrogen-bond donors (Lipinski definition) is 1. The number of carbonyl (C=O) groups is 2. The van der Waals surface area contributed by atoms with E-state index in [0.29, 0.717) is 18.5 Å². The van der Waals surface area contributed by atoms with Crippen molar-refractivity contribution in [2.45, 2.75) is 25.8 Å². The van der Waals surface area contributed by atoms with Crippen LogP contribution in [0.2, 0.25) is 0 Å². The summed E-state index contributed by atoms with van der Waals surface area (Å²) in [5.74, 6) is -0.0728. The van der Waals surface area contributed by atoms with Crippen molar-refractivity contribution in [3.63, 3.8) is 0 Å². The van der Waals surface area contributed by atoms with Crippen LogP contribution in [0.4, 0.5) is 0 Å². The van der Waals surface area contributed by atoms with Crippen molar-refractivity contribution in [2.75, 3.05) is 13.6 Å². The van der Waals surface area contributed by atoms with Crippen molar-refractivity contribution in [3.8, 4) is 0 Å². The molecular weight excluding hydrogens is 316 g/mol. The first kappa shape index (κ1) is 16.7. The van der Waals surface area contributed by atoms with Crippen LogP contribution in [-0.4, -0.2) is 36.3 Å². The quantitative estimate of drug-likeness (QED) is 0.845. The molecule has 22 heavy (non-hydrogen) atoms. The average molecular weight is 336 g/mol. The molecule has 2 aromatic rings. The summed E-state index contributed by atoms with van der Waals surface area (Å²) >= 11 is 3.15. The van der Waals surface area contributed by atoms with Gasteiger partial charge in [0.05, 0.1) is 0 Å². The van der Waals surface area contributed by atoms with Crippen LogP contribution in [0, 0.1) is 0 Å². The number of likely N-dealkylation sites (N-methyl/N-ethyl adjacent to an activating group) is 1. The molecule has 0 aliphatic rings. The van der Waals surface area contributed by atoms with Gasteiger partial charge in [0.15, 0.2) is 0 Å². The maximum absolute atomic E-state index is 12.2. The highest BCUT2D eigenvalue weighted by molar-refractivity contribution is 7.08. The number of hydrogen-bond acceptors (Lipinski definition) is 4. The van der Waals surface area contributed by atoms with Gasteiger partial charge >= 0.3 is 0 Å². The summed E-state index contributed by atoms with van der Waals surface area (Å²) in [5.41, 5.74) is 1.90. The molecule has 0 aliphatic carbocycles. The van der Waals surface area contributed by atoms with E-state index in [4.69, 9.17) is 0 Å². The molecule has 0 aliphatic heterocycles. The zero-order valence-electron chi connectivity index (χ0n) is 12.7. The number of rotatable bonds is 7. The number of amides is 2. The van der Waals surface area contributed by atoms with E-state index in [1.165, 1.54) is 16.9 Å². The summed E-state index contributed by atoms with van der Waals surface area (Å²) in [7, 11) is 1.82. The van der Waals surface area contributed by atoms with Crippen LogP contribution in [0.15, 0.2) is 33.7 Å². The molecule has 0 aromatic carbocycles. The van der Waals surface area contributed by atoms with Gasteiger partial charge in [-0.15, -0.1) is 0 Å². The monoisotopic (exact) mass is 336 g/mol. The van der Waals surface area contributed by atoms with E-state index in [-0.39, 0.29) is 17.9 Å². The van der Waals surface area contributed by atoms with E-state index in [9.17, 15) is 9.59 Å². The fourth-order valence-electron chi connectivity index (χ4n) is 2.09. The van der Waals surface area contributed by atoms with Gasteiger partial charge in [-0.3, -0.25) is 9.59 Å². The summed E-state index contributed by atoms with van der Waals surface area (Å²) in [6, 6.07) is 4.01. The number of nitrogens with one attached hydrogen (secondary N) is 1. The van der Waals surface area contributed by atoms with Crippen LogP contribution in [0.5, 0.6) is 0 Å². The third-order valence-corrected chi connectivity index (χ3v) is 4.99. The first-order valence-corrected chi connectivity index (χ1v) is 9.03. The highest BCUT2D eigenvalue weighted by atomic mass is 32.1. The third-order valence-electron chi connectivity index (χ3n) is 3.57. The van der Waals surface area contributed by atoms with Gasteiger partial charge in [-0.05, 0) is 47.2 Å². The van der Waals surface area contributed by atoms with Gasteiger partial charge in [0.1, 0.15) is 0 Å². The number of carbonyl (C=O) groups excluding carboxylic acids is 2. The SMILES string of the molecule is C[C@@H](Cc1ccsc1)N(C)C(=O)CCNC(=O)c1ccsc1. The van der Waals surface area contributed by atoms with Crippen LogP contribution in [0.3, 0.4) is 0 Å². The number of thiophene rings is 2. The Balaban J connectivity index is 1.73. The molecular formula is C16H20N2O2S2. The summed E-state index contributed by atoms with van der Waals surface area (Å²) in [4.78, 5) is 25.7. The lowest BCUT2D eigenvalue weighted by Crippen LogP contribution is -2.38. The van der Waals surface area contributed by atoms with Gasteiger partial charge in [0.25, 0.3) is 5.91 Å². The highest BCUT2D eigenvalue weighted by Gasteiger charge is 2.16. The molecule has 0 radical (unpaired) electrons. The highest BCUT2D eigenvalue weighted by Crippen LogP contribution is 2.12. The molecule has 6 heteroatoms. The summed E-state index contributed by atoms with van der Waals surface area (Å²) in [6.45, 7) is 2.41. The first-order chi connectivity index (χ1) is 10.6. The van der Waals surface area contributed by atoms with Gasteiger partial charge < -0.3 is 10.2 Å². The molecule has 4 nitrogen and oxygen atoms in total. The van der Waals surface area contributed by atoms with Crippen LogP contribution in [0.25, 0.3) is 0 Å². The van der Waals surface area contributed by atoms with Crippen molar-refractivity contribution in [1.29, 1.82) is 0 Å². The van der Waals surface area contributed by atoms with Gasteiger partial charge in [0.2, 0.25) is 5.91 Å². The molecule has 2 amide bonds. The maximum atomic E-state index is 12.2. The molecule has 118 valence electrons. The molecule has 0 saturated carbocycles. The number of nitrogens with zero attached hydrogens (tertiary/aromatic N) is 1. The van der Waals surface area contributed by atoms with E-state index in [0.717, 1.165) is 6.42 Å². The zero-order chi connectivity index (χ0) is 15.9. The average Bonchev–Trinajstić information content (AvgIpc) is 3.19. The minimum Gasteiger partial charge on any atom is -0.351 e. The fourth-order valence-corrected chi connectivity index (χ4v) is 3.41. The van der Waals surface area contributed by atoms with Crippen molar-refractivity contribution in [3.05, 3.63) is 44.8 Å². The summed E-state index contributed by atoms with van der Waals surface area (Å²) in [6.07, 6.45) is 1.17. The smallest absolute Gasteiger partial charge is 0.252 e. The largest absolute Gasteiger partial charge is 0.351 e. The predicted molar refractivity (Wildman–Crippen MR) is 91.5 cm³/mol. The van der Waals surface area contributed by atoms with E-state index in [1.807, 2.05) is 24.7 Å². The van der Waals surface area contributed by atoms with Crippen LogP contribution >= 0.6 is 22.7 Å².